The van der Waals surface area contributed by atoms with Crippen LogP contribution in [0.15, 0.2) is 0 Å². The van der Waals surface area contributed by atoms with E-state index in [0.29, 0.717) is 11.8 Å². The summed E-state index contributed by atoms with van der Waals surface area (Å²) in [5, 5.41) is 0. The Balaban J connectivity index is 3.51. The first kappa shape index (κ1) is 13.6. The summed E-state index contributed by atoms with van der Waals surface area (Å²) < 4.78 is 0. The van der Waals surface area contributed by atoms with E-state index in [4.69, 9.17) is 0 Å². The lowest BCUT2D eigenvalue weighted by Crippen LogP contribution is -2.31. The molecule has 0 rings (SSSR count). The molecule has 2 nitrogen and oxygen atoms in total. The zero-order chi connectivity index (χ0) is 11.0. The van der Waals surface area contributed by atoms with Gasteiger partial charge in [-0.15, -0.1) is 0 Å². The van der Waals surface area contributed by atoms with E-state index in [-0.39, 0.29) is 0 Å². The molecule has 0 saturated carbocycles. The van der Waals surface area contributed by atoms with Crippen molar-refractivity contribution in [3.63, 3.8) is 0 Å². The van der Waals surface area contributed by atoms with Gasteiger partial charge in [-0.2, -0.15) is 0 Å². The van der Waals surface area contributed by atoms with Crippen molar-refractivity contribution in [2.45, 2.75) is 58.9 Å². The number of Topliss-reactive ketones (excluding diaryl/α,β-unsaturated/α-hetero) is 1. The molecule has 0 aromatic carbocycles. The molecular formula is C12H25NO. The lowest BCUT2D eigenvalue weighted by atomic mass is 10.1. The Kier molecular flexibility index (Phi) is 7.77. The summed E-state index contributed by atoms with van der Waals surface area (Å²) in [4.78, 5) is 13.1. The molecule has 0 unspecified atom stereocenters. The SMILES string of the molecule is CCC(CC)N(C)CCCCC(C)=O. The maximum absolute atomic E-state index is 10.7. The Morgan fingerprint density at radius 2 is 1.79 bits per heavy atom. The number of unbranched alkanes of at least 4 members (excludes halogenated alkanes) is 1. The number of ketones is 1. The van der Waals surface area contributed by atoms with Crippen LogP contribution in [0.1, 0.15) is 52.9 Å². The highest BCUT2D eigenvalue weighted by atomic mass is 16.1. The third kappa shape index (κ3) is 6.14. The molecule has 0 fully saturated rings. The van der Waals surface area contributed by atoms with Crippen molar-refractivity contribution in [3.05, 3.63) is 0 Å². The summed E-state index contributed by atoms with van der Waals surface area (Å²) in [5.41, 5.74) is 0. The zero-order valence-electron chi connectivity index (χ0n) is 10.2. The Hall–Kier alpha value is -0.370. The number of hydrogen-bond donors (Lipinski definition) is 0. The molecule has 0 heterocycles. The maximum atomic E-state index is 10.7. The van der Waals surface area contributed by atoms with Crippen LogP contribution in [-0.2, 0) is 4.79 Å². The van der Waals surface area contributed by atoms with Gasteiger partial charge in [0.25, 0.3) is 0 Å². The van der Waals surface area contributed by atoms with Crippen LogP contribution < -0.4 is 0 Å². The van der Waals surface area contributed by atoms with E-state index in [1.54, 1.807) is 6.92 Å². The highest BCUT2D eigenvalue weighted by Crippen LogP contribution is 2.07. The Morgan fingerprint density at radius 3 is 2.21 bits per heavy atom. The van der Waals surface area contributed by atoms with Gasteiger partial charge < -0.3 is 9.69 Å². The monoisotopic (exact) mass is 199 g/mol. The van der Waals surface area contributed by atoms with Crippen LogP contribution >= 0.6 is 0 Å². The van der Waals surface area contributed by atoms with E-state index in [0.717, 1.165) is 25.8 Å². The van der Waals surface area contributed by atoms with Crippen LogP contribution in [0.3, 0.4) is 0 Å². The second kappa shape index (κ2) is 7.98. The van der Waals surface area contributed by atoms with Crippen molar-refractivity contribution in [1.29, 1.82) is 0 Å². The van der Waals surface area contributed by atoms with Crippen LogP contribution in [0, 0.1) is 0 Å². The Morgan fingerprint density at radius 1 is 1.21 bits per heavy atom. The van der Waals surface area contributed by atoms with Gasteiger partial charge in [0.05, 0.1) is 0 Å². The van der Waals surface area contributed by atoms with E-state index in [2.05, 4.69) is 25.8 Å². The molecule has 84 valence electrons. The smallest absolute Gasteiger partial charge is 0.129 e. The lowest BCUT2D eigenvalue weighted by molar-refractivity contribution is -0.117. The molecule has 0 aliphatic rings. The summed E-state index contributed by atoms with van der Waals surface area (Å²) >= 11 is 0. The highest BCUT2D eigenvalue weighted by Gasteiger charge is 2.09. The summed E-state index contributed by atoms with van der Waals surface area (Å²) in [7, 11) is 2.19. The third-order valence-electron chi connectivity index (χ3n) is 2.86. The molecule has 0 spiro atoms. The van der Waals surface area contributed by atoms with Crippen molar-refractivity contribution in [2.24, 2.45) is 0 Å². The quantitative estimate of drug-likeness (QED) is 0.560. The minimum Gasteiger partial charge on any atom is -0.303 e. The molecule has 0 aromatic heterocycles. The van der Waals surface area contributed by atoms with Gasteiger partial charge in [-0.05, 0) is 46.2 Å². The van der Waals surface area contributed by atoms with Crippen molar-refractivity contribution in [2.75, 3.05) is 13.6 Å². The average molecular weight is 199 g/mol. The second-order valence-corrected chi connectivity index (χ2v) is 4.11. The zero-order valence-corrected chi connectivity index (χ0v) is 10.2. The minimum absolute atomic E-state index is 0.315. The van der Waals surface area contributed by atoms with Gasteiger partial charge in [0.1, 0.15) is 5.78 Å². The van der Waals surface area contributed by atoms with E-state index >= 15 is 0 Å². The highest BCUT2D eigenvalue weighted by molar-refractivity contribution is 5.75. The fourth-order valence-electron chi connectivity index (χ4n) is 1.83. The third-order valence-corrected chi connectivity index (χ3v) is 2.86. The molecule has 0 N–H and O–H groups in total. The van der Waals surface area contributed by atoms with Gasteiger partial charge in [-0.1, -0.05) is 13.8 Å². The van der Waals surface area contributed by atoms with Crippen molar-refractivity contribution >= 4 is 5.78 Å². The predicted molar refractivity (Wildman–Crippen MR) is 61.5 cm³/mol. The summed E-state index contributed by atoms with van der Waals surface area (Å²) in [6, 6.07) is 0.715. The minimum atomic E-state index is 0.315. The van der Waals surface area contributed by atoms with Crippen LogP contribution in [-0.4, -0.2) is 30.3 Å². The molecule has 0 bridgehead atoms. The summed E-state index contributed by atoms with van der Waals surface area (Å²) in [6.07, 6.45) is 5.38. The van der Waals surface area contributed by atoms with Gasteiger partial charge in [0.2, 0.25) is 0 Å². The van der Waals surface area contributed by atoms with Crippen molar-refractivity contribution in [3.8, 4) is 0 Å². The first-order valence-corrected chi connectivity index (χ1v) is 5.81. The first-order valence-electron chi connectivity index (χ1n) is 5.81. The fraction of sp³-hybridized carbons (Fsp3) is 0.917. The molecule has 0 radical (unpaired) electrons. The van der Waals surface area contributed by atoms with Crippen LogP contribution in [0.2, 0.25) is 0 Å². The van der Waals surface area contributed by atoms with Crippen LogP contribution in [0.5, 0.6) is 0 Å². The second-order valence-electron chi connectivity index (χ2n) is 4.11. The molecule has 0 aromatic rings. The van der Waals surface area contributed by atoms with Gasteiger partial charge >= 0.3 is 0 Å². The van der Waals surface area contributed by atoms with E-state index in [9.17, 15) is 4.79 Å². The number of carbonyl (C=O) groups excluding carboxylic acids is 1. The largest absolute Gasteiger partial charge is 0.303 e. The molecule has 0 amide bonds. The predicted octanol–water partition coefficient (Wildman–Crippen LogP) is 2.87. The molecule has 14 heavy (non-hydrogen) atoms. The topological polar surface area (TPSA) is 20.3 Å². The number of rotatable bonds is 8. The van der Waals surface area contributed by atoms with Gasteiger partial charge in [0, 0.05) is 12.5 Å². The van der Waals surface area contributed by atoms with Crippen molar-refractivity contribution < 1.29 is 4.79 Å². The molecule has 2 heteroatoms. The van der Waals surface area contributed by atoms with E-state index in [1.165, 1.54) is 12.8 Å². The molecule has 0 aliphatic heterocycles. The van der Waals surface area contributed by atoms with Gasteiger partial charge in [-0.3, -0.25) is 0 Å². The number of hydrogen-bond acceptors (Lipinski definition) is 2. The first-order chi connectivity index (χ1) is 6.61. The maximum Gasteiger partial charge on any atom is 0.129 e. The Labute approximate surface area is 88.7 Å². The molecule has 0 saturated heterocycles. The Bertz CT molecular complexity index is 152. The number of nitrogens with zero attached hydrogens (tertiary/aromatic N) is 1. The van der Waals surface area contributed by atoms with Gasteiger partial charge in [-0.25, -0.2) is 0 Å². The fourth-order valence-corrected chi connectivity index (χ4v) is 1.83. The number of carbonyl (C=O) groups is 1. The molecule has 0 atom stereocenters. The van der Waals surface area contributed by atoms with E-state index < -0.39 is 0 Å². The van der Waals surface area contributed by atoms with Gasteiger partial charge in [0.15, 0.2) is 0 Å². The normalized spacial score (nSPS) is 11.3. The standard InChI is InChI=1S/C12H25NO/c1-5-12(6-2)13(4)10-8-7-9-11(3)14/h12H,5-10H2,1-4H3. The lowest BCUT2D eigenvalue weighted by Gasteiger charge is -2.25. The average Bonchev–Trinajstić information content (AvgIpc) is 2.14. The van der Waals surface area contributed by atoms with E-state index in [1.807, 2.05) is 0 Å². The van der Waals surface area contributed by atoms with Crippen LogP contribution in [0.25, 0.3) is 0 Å². The summed E-state index contributed by atoms with van der Waals surface area (Å²) in [6.45, 7) is 7.27. The molecular weight excluding hydrogens is 174 g/mol. The van der Waals surface area contributed by atoms with Crippen LogP contribution in [0.4, 0.5) is 0 Å². The van der Waals surface area contributed by atoms with Crippen molar-refractivity contribution in [1.82, 2.24) is 4.90 Å². The summed E-state index contributed by atoms with van der Waals surface area (Å²) in [5.74, 6) is 0.315. The molecule has 0 aliphatic carbocycles.